The fourth-order valence-corrected chi connectivity index (χ4v) is 4.77. The summed E-state index contributed by atoms with van der Waals surface area (Å²) in [4.78, 5) is 11.1. The van der Waals surface area contributed by atoms with Crippen LogP contribution in [-0.2, 0) is 20.6 Å². The van der Waals surface area contributed by atoms with Crippen LogP contribution in [0, 0.1) is 31.1 Å². The number of aryl methyl sites for hydroxylation is 2. The molecule has 0 bridgehead atoms. The Labute approximate surface area is 136 Å². The van der Waals surface area contributed by atoms with E-state index < -0.39 is 21.9 Å². The van der Waals surface area contributed by atoms with Crippen LogP contribution in [0.2, 0.25) is 0 Å². The van der Waals surface area contributed by atoms with Crippen LogP contribution >= 0.6 is 0 Å². The molecule has 1 aromatic carbocycles. The number of carboxylic acid groups (broad SMARTS) is 1. The van der Waals surface area contributed by atoms with Crippen LogP contribution in [0.1, 0.15) is 35.1 Å². The van der Waals surface area contributed by atoms with Crippen molar-refractivity contribution in [1.82, 2.24) is 4.31 Å². The lowest BCUT2D eigenvalue weighted by Crippen LogP contribution is -2.42. The third-order valence-electron chi connectivity index (χ3n) is 4.28. The minimum Gasteiger partial charge on any atom is -0.481 e. The van der Waals surface area contributed by atoms with Crippen LogP contribution < -0.4 is 0 Å². The topological polar surface area (TPSA) is 98.5 Å². The number of hydrogen-bond donors (Lipinski definition) is 1. The maximum Gasteiger partial charge on any atom is 0.307 e. The molecule has 23 heavy (non-hydrogen) atoms. The summed E-state index contributed by atoms with van der Waals surface area (Å²) >= 11 is 0. The molecule has 1 aliphatic rings. The first kappa shape index (κ1) is 17.4. The van der Waals surface area contributed by atoms with Gasteiger partial charge in [0.2, 0.25) is 10.0 Å². The number of aliphatic carboxylic acids is 1. The predicted molar refractivity (Wildman–Crippen MR) is 85.2 cm³/mol. The molecule has 7 heteroatoms. The highest BCUT2D eigenvalue weighted by atomic mass is 32.2. The van der Waals surface area contributed by atoms with Gasteiger partial charge in [0.1, 0.15) is 0 Å². The van der Waals surface area contributed by atoms with Crippen LogP contribution in [0.15, 0.2) is 12.1 Å². The van der Waals surface area contributed by atoms with Gasteiger partial charge in [-0.2, -0.15) is 5.26 Å². The minimum atomic E-state index is -3.58. The molecule has 1 saturated heterocycles. The lowest BCUT2D eigenvalue weighted by molar-refractivity contribution is -0.142. The summed E-state index contributed by atoms with van der Waals surface area (Å²) in [6.07, 6.45) is 1.07. The first-order valence-corrected chi connectivity index (χ1v) is 9.06. The van der Waals surface area contributed by atoms with Crippen molar-refractivity contribution < 1.29 is 18.3 Å². The number of nitrogens with zero attached hydrogens (tertiary/aromatic N) is 2. The minimum absolute atomic E-state index is 0.0338. The predicted octanol–water partition coefficient (Wildman–Crippen LogP) is 1.80. The van der Waals surface area contributed by atoms with E-state index in [1.165, 1.54) is 4.31 Å². The Hall–Kier alpha value is -1.91. The summed E-state index contributed by atoms with van der Waals surface area (Å²) < 4.78 is 26.6. The second kappa shape index (κ2) is 6.69. The molecule has 2 rings (SSSR count). The standard InChI is InChI=1S/C16H20N2O4S/c1-11-6-13(8-17)7-12(2)15(11)10-23(21,22)18-5-3-4-14(9-18)16(19)20/h6-7,14H,3-5,9-10H2,1-2H3,(H,19,20). The molecular formula is C16H20N2O4S. The summed E-state index contributed by atoms with van der Waals surface area (Å²) in [5.41, 5.74) is 2.71. The summed E-state index contributed by atoms with van der Waals surface area (Å²) in [6, 6.07) is 5.40. The van der Waals surface area contributed by atoms with E-state index in [1.54, 1.807) is 26.0 Å². The van der Waals surface area contributed by atoms with Crippen LogP contribution in [0.3, 0.4) is 0 Å². The number of carbonyl (C=O) groups is 1. The average molecular weight is 336 g/mol. The summed E-state index contributed by atoms with van der Waals surface area (Å²) in [6.45, 7) is 3.97. The molecule has 6 nitrogen and oxygen atoms in total. The van der Waals surface area contributed by atoms with Gasteiger partial charge in [0.05, 0.1) is 23.3 Å². The Morgan fingerprint density at radius 2 is 2.00 bits per heavy atom. The second-order valence-corrected chi connectivity index (χ2v) is 7.96. The molecule has 0 amide bonds. The molecule has 0 saturated carbocycles. The first-order valence-electron chi connectivity index (χ1n) is 7.45. The molecule has 1 unspecified atom stereocenters. The zero-order valence-corrected chi connectivity index (χ0v) is 14.1. The number of benzene rings is 1. The van der Waals surface area contributed by atoms with Crippen molar-refractivity contribution in [1.29, 1.82) is 5.26 Å². The van der Waals surface area contributed by atoms with Crippen molar-refractivity contribution in [2.75, 3.05) is 13.1 Å². The first-order chi connectivity index (χ1) is 10.7. The Morgan fingerprint density at radius 3 is 2.52 bits per heavy atom. The SMILES string of the molecule is Cc1cc(C#N)cc(C)c1CS(=O)(=O)N1CCCC(C(=O)O)C1. The van der Waals surface area contributed by atoms with Gasteiger partial charge >= 0.3 is 5.97 Å². The van der Waals surface area contributed by atoms with Crippen molar-refractivity contribution in [2.45, 2.75) is 32.4 Å². The van der Waals surface area contributed by atoms with E-state index in [4.69, 9.17) is 10.4 Å². The Kier molecular flexibility index (Phi) is 5.07. The van der Waals surface area contributed by atoms with E-state index in [-0.39, 0.29) is 12.3 Å². The van der Waals surface area contributed by atoms with E-state index in [1.807, 2.05) is 0 Å². The van der Waals surface area contributed by atoms with Gasteiger partial charge in [0.25, 0.3) is 0 Å². The van der Waals surface area contributed by atoms with Crippen LogP contribution in [0.4, 0.5) is 0 Å². The Bertz CT molecular complexity index is 742. The van der Waals surface area contributed by atoms with E-state index in [9.17, 15) is 13.2 Å². The monoisotopic (exact) mass is 336 g/mol. The number of nitriles is 1. The molecule has 1 heterocycles. The average Bonchev–Trinajstić information content (AvgIpc) is 2.50. The number of carboxylic acids is 1. The zero-order chi connectivity index (χ0) is 17.2. The van der Waals surface area contributed by atoms with Crippen LogP contribution in [-0.4, -0.2) is 36.9 Å². The number of hydrogen-bond acceptors (Lipinski definition) is 4. The van der Waals surface area contributed by atoms with Gasteiger partial charge in [0.15, 0.2) is 0 Å². The molecule has 1 atom stereocenters. The largest absolute Gasteiger partial charge is 0.481 e. The maximum absolute atomic E-state index is 12.7. The number of rotatable bonds is 4. The fourth-order valence-electron chi connectivity index (χ4n) is 2.96. The molecular weight excluding hydrogens is 316 g/mol. The van der Waals surface area contributed by atoms with Gasteiger partial charge in [-0.15, -0.1) is 0 Å². The molecule has 1 fully saturated rings. The van der Waals surface area contributed by atoms with E-state index in [2.05, 4.69) is 6.07 Å². The second-order valence-electron chi connectivity index (χ2n) is 5.99. The third-order valence-corrected chi connectivity index (χ3v) is 6.05. The molecule has 0 aromatic heterocycles. The van der Waals surface area contributed by atoms with E-state index in [0.717, 1.165) is 11.1 Å². The highest BCUT2D eigenvalue weighted by Crippen LogP contribution is 2.24. The zero-order valence-electron chi connectivity index (χ0n) is 13.2. The molecule has 1 N–H and O–H groups in total. The highest BCUT2D eigenvalue weighted by molar-refractivity contribution is 7.88. The van der Waals surface area contributed by atoms with Gasteiger partial charge in [0, 0.05) is 13.1 Å². The van der Waals surface area contributed by atoms with E-state index in [0.29, 0.717) is 30.5 Å². The lowest BCUT2D eigenvalue weighted by Gasteiger charge is -2.30. The summed E-state index contributed by atoms with van der Waals surface area (Å²) in [5, 5.41) is 18.1. The maximum atomic E-state index is 12.7. The molecule has 124 valence electrons. The molecule has 0 spiro atoms. The number of piperidine rings is 1. The normalized spacial score (nSPS) is 19.3. The molecule has 1 aromatic rings. The van der Waals surface area contributed by atoms with Crippen LogP contribution in [0.5, 0.6) is 0 Å². The van der Waals surface area contributed by atoms with Gasteiger partial charge in [-0.3, -0.25) is 4.79 Å². The highest BCUT2D eigenvalue weighted by Gasteiger charge is 2.32. The fraction of sp³-hybridized carbons (Fsp3) is 0.500. The molecule has 0 radical (unpaired) electrons. The summed E-state index contributed by atoms with van der Waals surface area (Å²) in [5.74, 6) is -1.75. The molecule has 1 aliphatic heterocycles. The smallest absolute Gasteiger partial charge is 0.307 e. The van der Waals surface area contributed by atoms with Crippen molar-refractivity contribution in [3.63, 3.8) is 0 Å². The van der Waals surface area contributed by atoms with Gasteiger partial charge in [-0.25, -0.2) is 12.7 Å². The lowest BCUT2D eigenvalue weighted by atomic mass is 10.0. The van der Waals surface area contributed by atoms with E-state index >= 15 is 0 Å². The van der Waals surface area contributed by atoms with Gasteiger partial charge < -0.3 is 5.11 Å². The van der Waals surface area contributed by atoms with Crippen molar-refractivity contribution in [2.24, 2.45) is 5.92 Å². The quantitative estimate of drug-likeness (QED) is 0.904. The van der Waals surface area contributed by atoms with Gasteiger partial charge in [-0.1, -0.05) is 0 Å². The van der Waals surface area contributed by atoms with Crippen molar-refractivity contribution in [3.05, 3.63) is 34.4 Å². The van der Waals surface area contributed by atoms with Gasteiger partial charge in [-0.05, 0) is 55.5 Å². The molecule has 0 aliphatic carbocycles. The Morgan fingerprint density at radius 1 is 1.39 bits per heavy atom. The summed E-state index contributed by atoms with van der Waals surface area (Å²) in [7, 11) is -3.58. The van der Waals surface area contributed by atoms with Crippen molar-refractivity contribution in [3.8, 4) is 6.07 Å². The van der Waals surface area contributed by atoms with Crippen LogP contribution in [0.25, 0.3) is 0 Å². The number of sulfonamides is 1. The Balaban J connectivity index is 2.25. The van der Waals surface area contributed by atoms with Crippen molar-refractivity contribution >= 4 is 16.0 Å². The third kappa shape index (κ3) is 3.89.